The molecule has 0 saturated carbocycles. The molecule has 1 atom stereocenters. The Morgan fingerprint density at radius 2 is 1.57 bits per heavy atom. The fourth-order valence-electron chi connectivity index (χ4n) is 2.25. The zero-order chi connectivity index (χ0) is 15.2. The van der Waals surface area contributed by atoms with Gasteiger partial charge in [-0.2, -0.15) is 0 Å². The summed E-state index contributed by atoms with van der Waals surface area (Å²) in [6, 6.07) is 18.1. The van der Waals surface area contributed by atoms with E-state index in [1.807, 2.05) is 56.3 Å². The van der Waals surface area contributed by atoms with E-state index in [1.165, 1.54) is 5.56 Å². The molecule has 0 radical (unpaired) electrons. The first kappa shape index (κ1) is 15.3. The predicted molar refractivity (Wildman–Crippen MR) is 86.7 cm³/mol. The van der Waals surface area contributed by atoms with Crippen LogP contribution in [-0.4, -0.2) is 11.9 Å². The largest absolute Gasteiger partial charge is 0.354 e. The zero-order valence-corrected chi connectivity index (χ0v) is 12.5. The van der Waals surface area contributed by atoms with Crippen LogP contribution in [0, 0.1) is 0 Å². The van der Waals surface area contributed by atoms with Crippen LogP contribution >= 0.6 is 0 Å². The lowest BCUT2D eigenvalue weighted by Crippen LogP contribution is -2.32. The minimum atomic E-state index is -0.270. The van der Waals surface area contributed by atoms with E-state index in [0.717, 1.165) is 11.1 Å². The van der Waals surface area contributed by atoms with Crippen molar-refractivity contribution in [3.63, 3.8) is 0 Å². The van der Waals surface area contributed by atoms with Gasteiger partial charge in [0, 0.05) is 18.5 Å². The van der Waals surface area contributed by atoms with E-state index in [1.54, 1.807) is 0 Å². The van der Waals surface area contributed by atoms with Crippen LogP contribution in [0.5, 0.6) is 0 Å². The highest BCUT2D eigenvalue weighted by molar-refractivity contribution is 5.77. The highest BCUT2D eigenvalue weighted by atomic mass is 16.1. The topological polar surface area (TPSA) is 55.1 Å². The summed E-state index contributed by atoms with van der Waals surface area (Å²) in [5.41, 5.74) is 9.41. The van der Waals surface area contributed by atoms with E-state index in [9.17, 15) is 4.79 Å². The summed E-state index contributed by atoms with van der Waals surface area (Å²) < 4.78 is 0. The summed E-state index contributed by atoms with van der Waals surface area (Å²) in [6.45, 7) is 3.89. The van der Waals surface area contributed by atoms with Crippen LogP contribution in [0.1, 0.15) is 31.9 Å². The zero-order valence-electron chi connectivity index (χ0n) is 12.5. The van der Waals surface area contributed by atoms with Crippen molar-refractivity contribution in [1.82, 2.24) is 5.32 Å². The molecule has 0 spiro atoms. The second kappa shape index (κ2) is 7.04. The van der Waals surface area contributed by atoms with Gasteiger partial charge >= 0.3 is 0 Å². The molecule has 21 heavy (non-hydrogen) atoms. The van der Waals surface area contributed by atoms with Crippen molar-refractivity contribution in [1.29, 1.82) is 0 Å². The lowest BCUT2D eigenvalue weighted by Gasteiger charge is -2.14. The fourth-order valence-corrected chi connectivity index (χ4v) is 2.25. The first-order chi connectivity index (χ1) is 10.1. The Kier molecular flexibility index (Phi) is 5.12. The highest BCUT2D eigenvalue weighted by Crippen LogP contribution is 2.22. The normalized spacial score (nSPS) is 12.2. The molecule has 2 rings (SSSR count). The van der Waals surface area contributed by atoms with E-state index >= 15 is 0 Å². The van der Waals surface area contributed by atoms with Crippen LogP contribution in [0.3, 0.4) is 0 Å². The summed E-state index contributed by atoms with van der Waals surface area (Å²) in [5, 5.41) is 2.86. The van der Waals surface area contributed by atoms with Gasteiger partial charge in [-0.1, -0.05) is 54.6 Å². The molecule has 3 heteroatoms. The van der Waals surface area contributed by atoms with Gasteiger partial charge in [-0.15, -0.1) is 0 Å². The molecule has 0 bridgehead atoms. The molecule has 2 aromatic carbocycles. The van der Waals surface area contributed by atoms with Crippen LogP contribution in [-0.2, 0) is 4.79 Å². The SMILES string of the molecule is CC(C)NC(=O)CC(N)c1ccc(-c2ccccc2)cc1. The van der Waals surface area contributed by atoms with E-state index < -0.39 is 0 Å². The van der Waals surface area contributed by atoms with Crippen molar-refractivity contribution in [2.24, 2.45) is 5.73 Å². The summed E-state index contributed by atoms with van der Waals surface area (Å²) in [4.78, 5) is 11.7. The molecule has 0 aliphatic heterocycles. The van der Waals surface area contributed by atoms with Crippen LogP contribution in [0.2, 0.25) is 0 Å². The van der Waals surface area contributed by atoms with Crippen molar-refractivity contribution >= 4 is 5.91 Å². The fraction of sp³-hybridized carbons (Fsp3) is 0.278. The smallest absolute Gasteiger partial charge is 0.222 e. The van der Waals surface area contributed by atoms with Gasteiger partial charge in [0.1, 0.15) is 0 Å². The number of amides is 1. The number of nitrogens with two attached hydrogens (primary N) is 1. The molecular formula is C18H22N2O. The predicted octanol–water partition coefficient (Wildman–Crippen LogP) is 3.27. The van der Waals surface area contributed by atoms with Crippen molar-refractivity contribution in [3.8, 4) is 11.1 Å². The van der Waals surface area contributed by atoms with Gasteiger partial charge in [0.15, 0.2) is 0 Å². The second-order valence-corrected chi connectivity index (χ2v) is 5.52. The third-order valence-corrected chi connectivity index (χ3v) is 3.30. The Balaban J connectivity index is 2.03. The number of carbonyl (C=O) groups is 1. The molecule has 0 aromatic heterocycles. The lowest BCUT2D eigenvalue weighted by molar-refractivity contribution is -0.121. The van der Waals surface area contributed by atoms with Gasteiger partial charge in [0.25, 0.3) is 0 Å². The molecule has 110 valence electrons. The van der Waals surface area contributed by atoms with E-state index in [2.05, 4.69) is 17.4 Å². The molecule has 1 unspecified atom stereocenters. The monoisotopic (exact) mass is 282 g/mol. The number of benzene rings is 2. The molecule has 2 aromatic rings. The number of hydrogen-bond donors (Lipinski definition) is 2. The van der Waals surface area contributed by atoms with Gasteiger partial charge in [-0.3, -0.25) is 4.79 Å². The van der Waals surface area contributed by atoms with Crippen molar-refractivity contribution in [3.05, 3.63) is 60.2 Å². The third kappa shape index (κ3) is 4.43. The minimum Gasteiger partial charge on any atom is -0.354 e. The molecule has 0 saturated heterocycles. The van der Waals surface area contributed by atoms with E-state index in [-0.39, 0.29) is 18.0 Å². The Hall–Kier alpha value is -2.13. The van der Waals surface area contributed by atoms with E-state index in [4.69, 9.17) is 5.73 Å². The first-order valence-electron chi connectivity index (χ1n) is 7.26. The van der Waals surface area contributed by atoms with Gasteiger partial charge in [-0.25, -0.2) is 0 Å². The Morgan fingerprint density at radius 3 is 2.14 bits per heavy atom. The van der Waals surface area contributed by atoms with Crippen molar-refractivity contribution < 1.29 is 4.79 Å². The van der Waals surface area contributed by atoms with Crippen LogP contribution in [0.4, 0.5) is 0 Å². The maximum atomic E-state index is 11.7. The van der Waals surface area contributed by atoms with Gasteiger partial charge in [0.2, 0.25) is 5.91 Å². The van der Waals surface area contributed by atoms with Gasteiger partial charge in [0.05, 0.1) is 0 Å². The third-order valence-electron chi connectivity index (χ3n) is 3.30. The Morgan fingerprint density at radius 1 is 1.00 bits per heavy atom. The van der Waals surface area contributed by atoms with Crippen molar-refractivity contribution in [2.75, 3.05) is 0 Å². The summed E-state index contributed by atoms with van der Waals surface area (Å²) in [7, 11) is 0. The average Bonchev–Trinajstić information content (AvgIpc) is 2.47. The summed E-state index contributed by atoms with van der Waals surface area (Å²) in [6.07, 6.45) is 0.308. The van der Waals surface area contributed by atoms with Gasteiger partial charge < -0.3 is 11.1 Å². The molecule has 0 aliphatic rings. The molecular weight excluding hydrogens is 260 g/mol. The number of nitrogens with one attached hydrogen (secondary N) is 1. The lowest BCUT2D eigenvalue weighted by atomic mass is 9.99. The van der Waals surface area contributed by atoms with E-state index in [0.29, 0.717) is 6.42 Å². The van der Waals surface area contributed by atoms with Crippen LogP contribution in [0.25, 0.3) is 11.1 Å². The Labute approximate surface area is 126 Å². The summed E-state index contributed by atoms with van der Waals surface area (Å²) >= 11 is 0. The van der Waals surface area contributed by atoms with Crippen molar-refractivity contribution in [2.45, 2.75) is 32.4 Å². The quantitative estimate of drug-likeness (QED) is 0.884. The van der Waals surface area contributed by atoms with Crippen LogP contribution < -0.4 is 11.1 Å². The Bertz CT molecular complexity index is 576. The molecule has 0 heterocycles. The van der Waals surface area contributed by atoms with Crippen LogP contribution in [0.15, 0.2) is 54.6 Å². The number of hydrogen-bond acceptors (Lipinski definition) is 2. The average molecular weight is 282 g/mol. The molecule has 3 N–H and O–H groups in total. The number of rotatable bonds is 5. The second-order valence-electron chi connectivity index (χ2n) is 5.52. The molecule has 0 aliphatic carbocycles. The molecule has 0 fully saturated rings. The molecule has 3 nitrogen and oxygen atoms in total. The summed E-state index contributed by atoms with van der Waals surface area (Å²) in [5.74, 6) is -0.00960. The van der Waals surface area contributed by atoms with Gasteiger partial charge in [-0.05, 0) is 30.5 Å². The highest BCUT2D eigenvalue weighted by Gasteiger charge is 2.12. The maximum absolute atomic E-state index is 11.7. The first-order valence-corrected chi connectivity index (χ1v) is 7.26. The maximum Gasteiger partial charge on any atom is 0.222 e. The minimum absolute atomic E-state index is 0.00960. The molecule has 1 amide bonds. The number of carbonyl (C=O) groups excluding carboxylic acids is 1. The standard InChI is InChI=1S/C18H22N2O/c1-13(2)20-18(21)12-17(19)16-10-8-15(9-11-16)14-6-4-3-5-7-14/h3-11,13,17H,12,19H2,1-2H3,(H,20,21).